The van der Waals surface area contributed by atoms with E-state index in [9.17, 15) is 4.79 Å². The van der Waals surface area contributed by atoms with Gasteiger partial charge in [0.15, 0.2) is 0 Å². The first-order valence-electron chi connectivity index (χ1n) is 3.15. The number of nitrogens with zero attached hydrogens (tertiary/aromatic N) is 2. The zero-order valence-electron chi connectivity index (χ0n) is 6.16. The van der Waals surface area contributed by atoms with Crippen molar-refractivity contribution in [3.05, 3.63) is 15.3 Å². The lowest BCUT2D eigenvalue weighted by Crippen LogP contribution is -2.16. The maximum Gasteiger partial charge on any atom is 0.328 e. The number of hydrogen-bond acceptors (Lipinski definition) is 2. The van der Waals surface area contributed by atoms with Crippen LogP contribution in [0, 0.1) is 0 Å². The van der Waals surface area contributed by atoms with E-state index in [1.165, 1.54) is 4.68 Å². The minimum atomic E-state index is -0.911. The zero-order chi connectivity index (χ0) is 9.30. The van der Waals surface area contributed by atoms with Gasteiger partial charge in [0.25, 0.3) is 0 Å². The van der Waals surface area contributed by atoms with Gasteiger partial charge in [0, 0.05) is 6.07 Å². The van der Waals surface area contributed by atoms with Crippen LogP contribution in [0.3, 0.4) is 0 Å². The fourth-order valence-electron chi connectivity index (χ4n) is 0.720. The van der Waals surface area contributed by atoms with Gasteiger partial charge in [-0.1, -0.05) is 0 Å². The SMILES string of the molecule is CC(C(=O)O)n1nc(Br)cc1Br. The van der Waals surface area contributed by atoms with E-state index in [-0.39, 0.29) is 0 Å². The van der Waals surface area contributed by atoms with Gasteiger partial charge in [-0.25, -0.2) is 9.48 Å². The predicted octanol–water partition coefficient (Wildman–Crippen LogP) is 2.05. The molecule has 66 valence electrons. The van der Waals surface area contributed by atoms with Crippen LogP contribution in [-0.2, 0) is 4.79 Å². The number of aromatic nitrogens is 2. The monoisotopic (exact) mass is 296 g/mol. The van der Waals surface area contributed by atoms with Crippen LogP contribution in [-0.4, -0.2) is 20.9 Å². The van der Waals surface area contributed by atoms with Crippen LogP contribution in [0.25, 0.3) is 0 Å². The van der Waals surface area contributed by atoms with E-state index >= 15 is 0 Å². The summed E-state index contributed by atoms with van der Waals surface area (Å²) < 4.78 is 2.64. The Morgan fingerprint density at radius 1 is 1.75 bits per heavy atom. The molecule has 1 N–H and O–H groups in total. The molecule has 1 rings (SSSR count). The highest BCUT2D eigenvalue weighted by Gasteiger charge is 2.16. The van der Waals surface area contributed by atoms with E-state index in [1.807, 2.05) is 0 Å². The van der Waals surface area contributed by atoms with Gasteiger partial charge in [-0.05, 0) is 38.8 Å². The van der Waals surface area contributed by atoms with Crippen molar-refractivity contribution in [1.82, 2.24) is 9.78 Å². The van der Waals surface area contributed by atoms with E-state index in [0.29, 0.717) is 9.21 Å². The Morgan fingerprint density at radius 3 is 2.67 bits per heavy atom. The lowest BCUT2D eigenvalue weighted by Gasteiger charge is -2.06. The standard InChI is InChI=1S/C6H6Br2N2O2/c1-3(6(11)12)10-5(8)2-4(7)9-10/h2-3H,1H3,(H,11,12). The number of halogens is 2. The Bertz CT molecular complexity index is 310. The van der Waals surface area contributed by atoms with Crippen LogP contribution >= 0.6 is 31.9 Å². The Morgan fingerprint density at radius 2 is 2.33 bits per heavy atom. The second-order valence-electron chi connectivity index (χ2n) is 2.25. The highest BCUT2D eigenvalue weighted by atomic mass is 79.9. The lowest BCUT2D eigenvalue weighted by molar-refractivity contribution is -0.140. The molecule has 0 saturated heterocycles. The molecular formula is C6H6Br2N2O2. The summed E-state index contributed by atoms with van der Waals surface area (Å²) in [7, 11) is 0. The lowest BCUT2D eigenvalue weighted by atomic mass is 10.4. The zero-order valence-corrected chi connectivity index (χ0v) is 9.33. The molecule has 0 amide bonds. The van der Waals surface area contributed by atoms with Crippen LogP contribution in [0.2, 0.25) is 0 Å². The second kappa shape index (κ2) is 3.57. The molecule has 1 atom stereocenters. The number of carboxylic acid groups (broad SMARTS) is 1. The van der Waals surface area contributed by atoms with E-state index in [2.05, 4.69) is 37.0 Å². The largest absolute Gasteiger partial charge is 0.480 e. The highest BCUT2D eigenvalue weighted by molar-refractivity contribution is 9.11. The summed E-state index contributed by atoms with van der Waals surface area (Å²) in [5.41, 5.74) is 0. The third-order valence-corrected chi connectivity index (χ3v) is 2.36. The van der Waals surface area contributed by atoms with Gasteiger partial charge in [0.2, 0.25) is 0 Å². The van der Waals surface area contributed by atoms with Crippen molar-refractivity contribution in [1.29, 1.82) is 0 Å². The summed E-state index contributed by atoms with van der Waals surface area (Å²) in [6.45, 7) is 1.56. The Hall–Kier alpha value is -0.360. The Labute approximate surface area is 85.8 Å². The maximum absolute atomic E-state index is 10.6. The first-order valence-corrected chi connectivity index (χ1v) is 4.74. The van der Waals surface area contributed by atoms with Crippen LogP contribution in [0.4, 0.5) is 0 Å². The molecule has 1 aromatic heterocycles. The van der Waals surface area contributed by atoms with Crippen molar-refractivity contribution in [3.8, 4) is 0 Å². The van der Waals surface area contributed by atoms with Gasteiger partial charge < -0.3 is 5.11 Å². The average molecular weight is 298 g/mol. The van der Waals surface area contributed by atoms with Gasteiger partial charge in [-0.3, -0.25) is 0 Å². The molecule has 4 nitrogen and oxygen atoms in total. The van der Waals surface area contributed by atoms with E-state index in [4.69, 9.17) is 5.11 Å². The fraction of sp³-hybridized carbons (Fsp3) is 0.333. The second-order valence-corrected chi connectivity index (χ2v) is 3.87. The van der Waals surface area contributed by atoms with Crippen molar-refractivity contribution in [2.75, 3.05) is 0 Å². The van der Waals surface area contributed by atoms with Crippen molar-refractivity contribution in [3.63, 3.8) is 0 Å². The summed E-state index contributed by atoms with van der Waals surface area (Å²) in [6.07, 6.45) is 0. The molecule has 0 radical (unpaired) electrons. The Balaban J connectivity index is 3.02. The number of aliphatic carboxylic acids is 1. The molecule has 0 bridgehead atoms. The van der Waals surface area contributed by atoms with Gasteiger partial charge in [-0.2, -0.15) is 5.10 Å². The molecule has 12 heavy (non-hydrogen) atoms. The maximum atomic E-state index is 10.6. The summed E-state index contributed by atoms with van der Waals surface area (Å²) in [4.78, 5) is 10.6. The van der Waals surface area contributed by atoms with Crippen LogP contribution in [0.5, 0.6) is 0 Å². The van der Waals surface area contributed by atoms with Crippen molar-refractivity contribution < 1.29 is 9.90 Å². The molecule has 0 fully saturated rings. The highest BCUT2D eigenvalue weighted by Crippen LogP contribution is 2.20. The van der Waals surface area contributed by atoms with Gasteiger partial charge in [-0.15, -0.1) is 0 Å². The van der Waals surface area contributed by atoms with Gasteiger partial charge >= 0.3 is 5.97 Å². The van der Waals surface area contributed by atoms with E-state index < -0.39 is 12.0 Å². The third kappa shape index (κ3) is 1.87. The summed E-state index contributed by atoms with van der Waals surface area (Å²) in [5, 5.41) is 12.6. The molecule has 1 unspecified atom stereocenters. The van der Waals surface area contributed by atoms with Crippen molar-refractivity contribution >= 4 is 37.8 Å². The molecule has 6 heteroatoms. The molecule has 0 aromatic carbocycles. The van der Waals surface area contributed by atoms with Crippen molar-refractivity contribution in [2.45, 2.75) is 13.0 Å². The van der Waals surface area contributed by atoms with E-state index in [1.54, 1.807) is 13.0 Å². The van der Waals surface area contributed by atoms with Crippen LogP contribution < -0.4 is 0 Å². The van der Waals surface area contributed by atoms with E-state index in [0.717, 1.165) is 0 Å². The molecular weight excluding hydrogens is 292 g/mol. The van der Waals surface area contributed by atoms with Crippen LogP contribution in [0.1, 0.15) is 13.0 Å². The molecule has 1 heterocycles. The average Bonchev–Trinajstić information content (AvgIpc) is 2.28. The number of carboxylic acids is 1. The smallest absolute Gasteiger partial charge is 0.328 e. The molecule has 0 aliphatic rings. The van der Waals surface area contributed by atoms with Crippen LogP contribution in [0.15, 0.2) is 15.3 Å². The minimum absolute atomic E-state index is 0.613. The molecule has 1 aromatic rings. The fourth-order valence-corrected chi connectivity index (χ4v) is 2.02. The first-order chi connectivity index (χ1) is 5.52. The summed E-state index contributed by atoms with van der Waals surface area (Å²) in [5.74, 6) is -0.911. The first kappa shape index (κ1) is 9.73. The summed E-state index contributed by atoms with van der Waals surface area (Å²) >= 11 is 6.34. The molecule has 0 aliphatic carbocycles. The number of carbonyl (C=O) groups is 1. The third-order valence-electron chi connectivity index (χ3n) is 1.38. The topological polar surface area (TPSA) is 55.1 Å². The number of rotatable bonds is 2. The minimum Gasteiger partial charge on any atom is -0.480 e. The van der Waals surface area contributed by atoms with Gasteiger partial charge in [0.1, 0.15) is 15.2 Å². The number of hydrogen-bond donors (Lipinski definition) is 1. The predicted molar refractivity (Wildman–Crippen MR) is 50.0 cm³/mol. The quantitative estimate of drug-likeness (QED) is 0.909. The van der Waals surface area contributed by atoms with Gasteiger partial charge in [0.05, 0.1) is 0 Å². The van der Waals surface area contributed by atoms with Crippen molar-refractivity contribution in [2.24, 2.45) is 0 Å². The molecule has 0 spiro atoms. The summed E-state index contributed by atoms with van der Waals surface area (Å²) in [6, 6.07) is 1.03. The molecule has 0 aliphatic heterocycles. The molecule has 0 saturated carbocycles. The Kier molecular flexibility index (Phi) is 2.89. The normalized spacial score (nSPS) is 12.9.